The van der Waals surface area contributed by atoms with E-state index in [4.69, 9.17) is 9.47 Å². The first-order chi connectivity index (χ1) is 14.5. The minimum Gasteiger partial charge on any atom is -0.491 e. The first-order valence-corrected chi connectivity index (χ1v) is 11.7. The third kappa shape index (κ3) is 5.81. The van der Waals surface area contributed by atoms with Crippen molar-refractivity contribution in [2.45, 2.75) is 31.1 Å². The largest absolute Gasteiger partial charge is 0.491 e. The van der Waals surface area contributed by atoms with Crippen molar-refractivity contribution in [1.29, 1.82) is 0 Å². The van der Waals surface area contributed by atoms with Crippen molar-refractivity contribution >= 4 is 21.6 Å². The smallest absolute Gasteiger partial charge is 0.255 e. The van der Waals surface area contributed by atoms with Crippen LogP contribution in [0.25, 0.3) is 0 Å². The van der Waals surface area contributed by atoms with Gasteiger partial charge in [0.2, 0.25) is 10.0 Å². The summed E-state index contributed by atoms with van der Waals surface area (Å²) >= 11 is 0. The third-order valence-corrected chi connectivity index (χ3v) is 6.77. The summed E-state index contributed by atoms with van der Waals surface area (Å²) < 4.78 is 37.8. The Bertz CT molecular complexity index is 938. The second kappa shape index (κ2) is 10.6. The van der Waals surface area contributed by atoms with Crippen LogP contribution in [0.3, 0.4) is 0 Å². The normalized spacial score (nSPS) is 15.0. The van der Waals surface area contributed by atoms with Gasteiger partial charge in [0.1, 0.15) is 12.4 Å². The van der Waals surface area contributed by atoms with Crippen molar-refractivity contribution in [3.8, 4) is 5.75 Å². The molecule has 0 aromatic heterocycles. The van der Waals surface area contributed by atoms with E-state index in [0.29, 0.717) is 49.9 Å². The molecule has 162 valence electrons. The van der Waals surface area contributed by atoms with E-state index >= 15 is 0 Å². The lowest BCUT2D eigenvalue weighted by atomic mass is 10.2. The average molecular weight is 433 g/mol. The molecular formula is C22H28N2O5S. The zero-order valence-corrected chi connectivity index (χ0v) is 18.0. The van der Waals surface area contributed by atoms with Crippen molar-refractivity contribution < 1.29 is 22.7 Å². The number of amides is 1. The Morgan fingerprint density at radius 2 is 1.77 bits per heavy atom. The van der Waals surface area contributed by atoms with Crippen LogP contribution in [0.5, 0.6) is 5.75 Å². The van der Waals surface area contributed by atoms with Crippen LogP contribution >= 0.6 is 0 Å². The zero-order chi connectivity index (χ0) is 21.4. The predicted octanol–water partition coefficient (Wildman–Crippen LogP) is 3.53. The molecule has 0 spiro atoms. The Morgan fingerprint density at radius 3 is 2.47 bits per heavy atom. The van der Waals surface area contributed by atoms with Gasteiger partial charge in [0.05, 0.1) is 11.5 Å². The van der Waals surface area contributed by atoms with E-state index in [1.54, 1.807) is 36.4 Å². The summed E-state index contributed by atoms with van der Waals surface area (Å²) in [5.41, 5.74) is 0.981. The van der Waals surface area contributed by atoms with Crippen LogP contribution in [0.4, 0.5) is 5.69 Å². The van der Waals surface area contributed by atoms with Gasteiger partial charge in [-0.2, -0.15) is 4.31 Å². The van der Waals surface area contributed by atoms with E-state index in [9.17, 15) is 13.2 Å². The molecule has 0 atom stereocenters. The topological polar surface area (TPSA) is 84.9 Å². The van der Waals surface area contributed by atoms with E-state index < -0.39 is 10.0 Å². The van der Waals surface area contributed by atoms with Gasteiger partial charge in [0.25, 0.3) is 5.91 Å². The van der Waals surface area contributed by atoms with Gasteiger partial charge in [-0.25, -0.2) is 8.42 Å². The van der Waals surface area contributed by atoms with E-state index in [1.165, 1.54) is 16.4 Å². The van der Waals surface area contributed by atoms with Gasteiger partial charge in [-0.1, -0.05) is 12.5 Å². The summed E-state index contributed by atoms with van der Waals surface area (Å²) in [4.78, 5) is 12.8. The molecule has 0 radical (unpaired) electrons. The van der Waals surface area contributed by atoms with Gasteiger partial charge in [-0.3, -0.25) is 4.79 Å². The summed E-state index contributed by atoms with van der Waals surface area (Å²) in [5, 5.41) is 2.79. The predicted molar refractivity (Wildman–Crippen MR) is 115 cm³/mol. The molecule has 0 saturated carbocycles. The number of carbonyl (C=O) groups excluding carboxylic acids is 1. The highest BCUT2D eigenvalue weighted by Crippen LogP contribution is 2.22. The van der Waals surface area contributed by atoms with Gasteiger partial charge < -0.3 is 14.8 Å². The maximum Gasteiger partial charge on any atom is 0.255 e. The molecule has 30 heavy (non-hydrogen) atoms. The van der Waals surface area contributed by atoms with E-state index in [0.717, 1.165) is 19.3 Å². The minimum absolute atomic E-state index is 0.243. The lowest BCUT2D eigenvalue weighted by Gasteiger charge is -2.25. The summed E-state index contributed by atoms with van der Waals surface area (Å²) in [6.45, 7) is 4.56. The Labute approximate surface area is 178 Å². The zero-order valence-electron chi connectivity index (χ0n) is 17.2. The number of anilines is 1. The van der Waals surface area contributed by atoms with Crippen molar-refractivity contribution in [1.82, 2.24) is 4.31 Å². The Kier molecular flexibility index (Phi) is 7.84. The molecule has 8 heteroatoms. The third-order valence-electron chi connectivity index (χ3n) is 4.86. The quantitative estimate of drug-likeness (QED) is 0.613. The highest BCUT2D eigenvalue weighted by Gasteiger charge is 2.25. The van der Waals surface area contributed by atoms with E-state index in [-0.39, 0.29) is 10.8 Å². The molecule has 2 aromatic rings. The SMILES string of the molecule is CCOCCOc1cccc(C(=O)Nc2ccc(S(=O)(=O)N3CCCCC3)cc2)c1. The molecule has 3 rings (SSSR count). The number of hydrogen-bond donors (Lipinski definition) is 1. The molecule has 1 aliphatic rings. The summed E-state index contributed by atoms with van der Waals surface area (Å²) in [6, 6.07) is 13.2. The highest BCUT2D eigenvalue weighted by molar-refractivity contribution is 7.89. The number of nitrogens with zero attached hydrogens (tertiary/aromatic N) is 1. The number of carbonyl (C=O) groups is 1. The molecule has 1 N–H and O–H groups in total. The maximum absolute atomic E-state index is 12.7. The van der Waals surface area contributed by atoms with Crippen LogP contribution < -0.4 is 10.1 Å². The van der Waals surface area contributed by atoms with Crippen molar-refractivity contribution in [3.05, 3.63) is 54.1 Å². The van der Waals surface area contributed by atoms with Crippen LogP contribution in [0.1, 0.15) is 36.5 Å². The van der Waals surface area contributed by atoms with Crippen molar-refractivity contribution in [3.63, 3.8) is 0 Å². The van der Waals surface area contributed by atoms with Crippen LogP contribution in [-0.4, -0.2) is 51.5 Å². The standard InChI is InChI=1S/C22H28N2O5S/c1-2-28-15-16-29-20-8-6-7-18(17-20)22(25)23-19-9-11-21(12-10-19)30(26,27)24-13-4-3-5-14-24/h6-12,17H,2-5,13-16H2,1H3,(H,23,25). The van der Waals surface area contributed by atoms with Gasteiger partial charge in [-0.05, 0) is 62.2 Å². The molecule has 1 saturated heterocycles. The van der Waals surface area contributed by atoms with Gasteiger partial charge in [0.15, 0.2) is 0 Å². The van der Waals surface area contributed by atoms with E-state index in [1.807, 2.05) is 6.92 Å². The molecule has 1 heterocycles. The fourth-order valence-corrected chi connectivity index (χ4v) is 4.77. The van der Waals surface area contributed by atoms with Gasteiger partial charge in [0, 0.05) is 30.9 Å². The van der Waals surface area contributed by atoms with E-state index in [2.05, 4.69) is 5.32 Å². The monoisotopic (exact) mass is 432 g/mol. The molecule has 0 aliphatic carbocycles. The number of hydrogen-bond acceptors (Lipinski definition) is 5. The Balaban J connectivity index is 1.62. The fraction of sp³-hybridized carbons (Fsp3) is 0.409. The minimum atomic E-state index is -3.48. The second-order valence-electron chi connectivity index (χ2n) is 7.02. The number of benzene rings is 2. The number of nitrogens with one attached hydrogen (secondary N) is 1. The van der Waals surface area contributed by atoms with Crippen molar-refractivity contribution in [2.24, 2.45) is 0 Å². The first kappa shape index (κ1) is 22.3. The number of rotatable bonds is 9. The van der Waals surface area contributed by atoms with Crippen LogP contribution in [0.15, 0.2) is 53.4 Å². The lowest BCUT2D eigenvalue weighted by Crippen LogP contribution is -2.35. The summed E-state index contributed by atoms with van der Waals surface area (Å²) in [5.74, 6) is 0.294. The molecule has 1 fully saturated rings. The number of piperidine rings is 1. The second-order valence-corrected chi connectivity index (χ2v) is 8.95. The fourth-order valence-electron chi connectivity index (χ4n) is 3.26. The Morgan fingerprint density at radius 1 is 1.03 bits per heavy atom. The summed E-state index contributed by atoms with van der Waals surface area (Å²) in [7, 11) is -3.48. The van der Waals surface area contributed by atoms with Gasteiger partial charge in [-0.15, -0.1) is 0 Å². The molecule has 1 aliphatic heterocycles. The molecule has 7 nitrogen and oxygen atoms in total. The number of ether oxygens (including phenoxy) is 2. The van der Waals surface area contributed by atoms with Crippen molar-refractivity contribution in [2.75, 3.05) is 38.2 Å². The lowest BCUT2D eigenvalue weighted by molar-refractivity contribution is 0.102. The Hall–Kier alpha value is -2.42. The van der Waals surface area contributed by atoms with Gasteiger partial charge >= 0.3 is 0 Å². The molecule has 2 aromatic carbocycles. The first-order valence-electron chi connectivity index (χ1n) is 10.2. The van der Waals surface area contributed by atoms with Crippen LogP contribution in [0, 0.1) is 0 Å². The summed E-state index contributed by atoms with van der Waals surface area (Å²) in [6.07, 6.45) is 2.85. The maximum atomic E-state index is 12.7. The average Bonchev–Trinajstić information content (AvgIpc) is 2.78. The molecule has 0 bridgehead atoms. The molecule has 1 amide bonds. The molecule has 0 unspecified atom stereocenters. The highest BCUT2D eigenvalue weighted by atomic mass is 32.2. The number of sulfonamides is 1. The van der Waals surface area contributed by atoms with Crippen LogP contribution in [0.2, 0.25) is 0 Å². The van der Waals surface area contributed by atoms with Crippen LogP contribution in [-0.2, 0) is 14.8 Å². The molecular weight excluding hydrogens is 404 g/mol.